The van der Waals surface area contributed by atoms with Crippen LogP contribution in [-0.4, -0.2) is 23.2 Å². The Morgan fingerprint density at radius 2 is 1.64 bits per heavy atom. The number of rotatable bonds is 4. The van der Waals surface area contributed by atoms with E-state index in [1.54, 1.807) is 42.5 Å². The lowest BCUT2D eigenvalue weighted by molar-refractivity contribution is -0.384. The average molecular weight is 518 g/mol. The first-order valence-corrected chi connectivity index (χ1v) is 12.7. The number of carbonyl (C=O) groups is 1. The molecule has 1 aromatic heterocycles. The van der Waals surface area contributed by atoms with Gasteiger partial charge in [-0.25, -0.2) is 12.4 Å². The zero-order valence-corrected chi connectivity index (χ0v) is 20.0. The van der Waals surface area contributed by atoms with Gasteiger partial charge in [-0.15, -0.1) is 0 Å². The second-order valence-corrected chi connectivity index (χ2v) is 10.6. The summed E-state index contributed by atoms with van der Waals surface area (Å²) < 4.78 is 29.1. The maximum Gasteiger partial charge on any atom is 0.278 e. The highest BCUT2D eigenvalue weighted by Gasteiger charge is 2.33. The molecule has 0 atom stereocenters. The van der Waals surface area contributed by atoms with Crippen LogP contribution in [-0.2, 0) is 16.6 Å². The maximum absolute atomic E-state index is 13.9. The highest BCUT2D eigenvalue weighted by molar-refractivity contribution is 7.90. The topological polar surface area (TPSA) is 111 Å². The van der Waals surface area contributed by atoms with E-state index in [2.05, 4.69) is 5.32 Å². The number of halogens is 1. The number of hydrogen-bond acceptors (Lipinski definition) is 5. The van der Waals surface area contributed by atoms with Crippen LogP contribution in [0.15, 0.2) is 83.8 Å². The SMILES string of the molecule is O=C1NCc2c1c(-c1ccc(Cl)cc1[N+](=O)[O-])cc1c2c2ccccc2n1S(=O)(=O)c1ccccc1. The molecule has 2 heterocycles. The van der Waals surface area contributed by atoms with E-state index in [0.29, 0.717) is 27.4 Å². The number of benzene rings is 4. The van der Waals surface area contributed by atoms with Gasteiger partial charge in [0.15, 0.2) is 0 Å². The van der Waals surface area contributed by atoms with Crippen LogP contribution < -0.4 is 5.32 Å². The number of para-hydroxylation sites is 1. The van der Waals surface area contributed by atoms with Crippen molar-refractivity contribution < 1.29 is 18.1 Å². The van der Waals surface area contributed by atoms with Crippen LogP contribution in [0.5, 0.6) is 0 Å². The summed E-state index contributed by atoms with van der Waals surface area (Å²) in [6.07, 6.45) is 0. The predicted molar refractivity (Wildman–Crippen MR) is 137 cm³/mol. The summed E-state index contributed by atoms with van der Waals surface area (Å²) in [4.78, 5) is 24.4. The fourth-order valence-electron chi connectivity index (χ4n) is 4.92. The number of carbonyl (C=O) groups excluding carboxylic acids is 1. The van der Waals surface area contributed by atoms with E-state index in [0.717, 1.165) is 0 Å². The third kappa shape index (κ3) is 3.13. The normalized spacial score (nSPS) is 13.2. The first kappa shape index (κ1) is 22.3. The molecule has 0 bridgehead atoms. The number of fused-ring (bicyclic) bond motifs is 5. The van der Waals surface area contributed by atoms with Gasteiger partial charge in [0.2, 0.25) is 0 Å². The van der Waals surface area contributed by atoms with E-state index in [4.69, 9.17) is 11.6 Å². The Hall–Kier alpha value is -4.21. The third-order valence-electron chi connectivity index (χ3n) is 6.40. The molecule has 5 aromatic rings. The number of aromatic nitrogens is 1. The van der Waals surface area contributed by atoms with Crippen LogP contribution in [0.1, 0.15) is 15.9 Å². The predicted octanol–water partition coefficient (Wildman–Crippen LogP) is 5.50. The van der Waals surface area contributed by atoms with Gasteiger partial charge in [0.1, 0.15) is 0 Å². The Morgan fingerprint density at radius 1 is 0.917 bits per heavy atom. The van der Waals surface area contributed by atoms with Crippen molar-refractivity contribution in [2.24, 2.45) is 0 Å². The first-order chi connectivity index (χ1) is 17.3. The van der Waals surface area contributed by atoms with E-state index < -0.39 is 14.9 Å². The van der Waals surface area contributed by atoms with Gasteiger partial charge in [-0.1, -0.05) is 48.0 Å². The number of nitro benzene ring substituents is 1. The molecule has 0 saturated heterocycles. The number of hydrogen-bond donors (Lipinski definition) is 1. The van der Waals surface area contributed by atoms with Crippen LogP contribution in [0.2, 0.25) is 5.02 Å². The minimum Gasteiger partial charge on any atom is -0.348 e. The second kappa shape index (κ2) is 7.91. The molecule has 1 N–H and O–H groups in total. The Bertz CT molecular complexity index is 1860. The molecule has 0 saturated carbocycles. The van der Waals surface area contributed by atoms with Crippen LogP contribution in [0.4, 0.5) is 5.69 Å². The molecular weight excluding hydrogens is 502 g/mol. The Kier molecular flexibility index (Phi) is 4.89. The van der Waals surface area contributed by atoms with Crippen LogP contribution >= 0.6 is 11.6 Å². The largest absolute Gasteiger partial charge is 0.348 e. The monoisotopic (exact) mass is 517 g/mol. The molecule has 0 unspecified atom stereocenters. The van der Waals surface area contributed by atoms with Crippen molar-refractivity contribution in [1.82, 2.24) is 9.29 Å². The molecule has 36 heavy (non-hydrogen) atoms. The molecule has 0 radical (unpaired) electrons. The molecule has 1 amide bonds. The van der Waals surface area contributed by atoms with Crippen molar-refractivity contribution in [3.8, 4) is 11.1 Å². The first-order valence-electron chi connectivity index (χ1n) is 10.9. The Balaban J connectivity index is 1.81. The van der Waals surface area contributed by atoms with E-state index in [-0.39, 0.29) is 44.7 Å². The summed E-state index contributed by atoms with van der Waals surface area (Å²) in [5.41, 5.74) is 1.81. The number of nitro groups is 1. The highest BCUT2D eigenvalue weighted by Crippen LogP contribution is 2.44. The fraction of sp³-hybridized carbons (Fsp3) is 0.0385. The Labute approximate surface area is 209 Å². The van der Waals surface area contributed by atoms with Crippen molar-refractivity contribution >= 4 is 55.0 Å². The van der Waals surface area contributed by atoms with Gasteiger partial charge in [0.05, 0.1) is 32.0 Å². The summed E-state index contributed by atoms with van der Waals surface area (Å²) >= 11 is 6.03. The smallest absolute Gasteiger partial charge is 0.278 e. The summed E-state index contributed by atoms with van der Waals surface area (Å²) in [6.45, 7) is 0.166. The third-order valence-corrected chi connectivity index (χ3v) is 8.38. The van der Waals surface area contributed by atoms with E-state index in [1.807, 2.05) is 6.07 Å². The van der Waals surface area contributed by atoms with Gasteiger partial charge < -0.3 is 5.32 Å². The average Bonchev–Trinajstić information content (AvgIpc) is 3.42. The summed E-state index contributed by atoms with van der Waals surface area (Å²) in [5.74, 6) is -0.381. The fourth-order valence-corrected chi connectivity index (χ4v) is 6.62. The van der Waals surface area contributed by atoms with Gasteiger partial charge in [0.25, 0.3) is 21.6 Å². The van der Waals surface area contributed by atoms with Crippen molar-refractivity contribution in [1.29, 1.82) is 0 Å². The lowest BCUT2D eigenvalue weighted by atomic mass is 9.92. The molecule has 8 nitrogen and oxygen atoms in total. The molecule has 10 heteroatoms. The van der Waals surface area contributed by atoms with Gasteiger partial charge in [0, 0.05) is 34.0 Å². The Morgan fingerprint density at radius 3 is 2.39 bits per heavy atom. The number of nitrogens with one attached hydrogen (secondary N) is 1. The lowest BCUT2D eigenvalue weighted by Gasteiger charge is -2.13. The minimum absolute atomic E-state index is 0.0985. The molecule has 0 fully saturated rings. The molecule has 6 rings (SSSR count). The quantitative estimate of drug-likeness (QED) is 0.250. The van der Waals surface area contributed by atoms with Crippen molar-refractivity contribution in [2.45, 2.75) is 11.4 Å². The van der Waals surface area contributed by atoms with Gasteiger partial charge in [-0.2, -0.15) is 0 Å². The second-order valence-electron chi connectivity index (χ2n) is 8.37. The van der Waals surface area contributed by atoms with Crippen molar-refractivity contribution in [3.63, 3.8) is 0 Å². The molecule has 4 aromatic carbocycles. The molecular formula is C26H16ClN3O5S. The molecule has 178 valence electrons. The molecule has 0 aliphatic carbocycles. The van der Waals surface area contributed by atoms with Crippen LogP contribution in [0.3, 0.4) is 0 Å². The van der Waals surface area contributed by atoms with Gasteiger partial charge >= 0.3 is 0 Å². The van der Waals surface area contributed by atoms with Crippen LogP contribution in [0.25, 0.3) is 32.9 Å². The van der Waals surface area contributed by atoms with E-state index in [1.165, 1.54) is 34.3 Å². The molecule has 0 spiro atoms. The van der Waals surface area contributed by atoms with Gasteiger partial charge in [-0.3, -0.25) is 14.9 Å². The zero-order chi connectivity index (χ0) is 25.2. The summed E-state index contributed by atoms with van der Waals surface area (Å²) in [5, 5.41) is 16.1. The van der Waals surface area contributed by atoms with E-state index in [9.17, 15) is 23.3 Å². The number of amides is 1. The molecule has 1 aliphatic rings. The van der Waals surface area contributed by atoms with Crippen molar-refractivity contribution in [2.75, 3.05) is 0 Å². The number of nitrogens with zero attached hydrogens (tertiary/aromatic N) is 2. The standard InChI is InChI=1S/C26H16ClN3O5S/c27-15-10-11-17(22(12-15)30(32)33)19-13-23-24(20-14-28-26(31)25(19)20)18-8-4-5-9-21(18)29(23)36(34,35)16-6-2-1-3-7-16/h1-13H,14H2,(H,28,31). The minimum atomic E-state index is -4.06. The van der Waals surface area contributed by atoms with Crippen LogP contribution in [0, 0.1) is 10.1 Å². The van der Waals surface area contributed by atoms with Gasteiger partial charge in [-0.05, 0) is 42.0 Å². The summed E-state index contributed by atoms with van der Waals surface area (Å²) in [7, 11) is -4.06. The van der Waals surface area contributed by atoms with Crippen molar-refractivity contribution in [3.05, 3.63) is 105 Å². The lowest BCUT2D eigenvalue weighted by Crippen LogP contribution is -2.14. The summed E-state index contributed by atoms with van der Waals surface area (Å²) in [6, 6.07) is 20.8. The highest BCUT2D eigenvalue weighted by atomic mass is 35.5. The molecule has 1 aliphatic heterocycles. The zero-order valence-electron chi connectivity index (χ0n) is 18.4. The maximum atomic E-state index is 13.9. The van der Waals surface area contributed by atoms with E-state index >= 15 is 0 Å².